The van der Waals surface area contributed by atoms with E-state index in [2.05, 4.69) is 24.0 Å². The van der Waals surface area contributed by atoms with Gasteiger partial charge in [-0.3, -0.25) is 15.1 Å². The normalized spacial score (nSPS) is 12.7. The maximum atomic E-state index is 11.4. The van der Waals surface area contributed by atoms with Gasteiger partial charge in [0, 0.05) is 11.8 Å². The van der Waals surface area contributed by atoms with Gasteiger partial charge in [-0.05, 0) is 55.0 Å². The minimum Gasteiger partial charge on any atom is -0.454 e. The molecule has 0 fully saturated rings. The number of thiazole rings is 1. The van der Waals surface area contributed by atoms with E-state index in [1.165, 1.54) is 17.8 Å². The fourth-order valence-corrected chi connectivity index (χ4v) is 4.27. The largest absolute Gasteiger partial charge is 0.454 e. The standard InChI is InChI=1S/C22H15N3O4S/c1-13-2-7-17-21(8-13)30-22(24-17)14-3-5-16(6-4-14)23-11-15-9-19-20(29-12-28-19)10-18(15)25(26)27/h2-11H,12H2,1H3. The van der Waals surface area contributed by atoms with Gasteiger partial charge in [0.05, 0.1) is 32.5 Å². The van der Waals surface area contributed by atoms with Gasteiger partial charge in [-0.25, -0.2) is 4.98 Å². The zero-order chi connectivity index (χ0) is 20.7. The number of benzene rings is 3. The average Bonchev–Trinajstić information content (AvgIpc) is 3.37. The number of nitro benzene ring substituents is 1. The lowest BCUT2D eigenvalue weighted by Gasteiger charge is -2.01. The van der Waals surface area contributed by atoms with Crippen molar-refractivity contribution in [3.8, 4) is 22.1 Å². The number of nitro groups is 1. The van der Waals surface area contributed by atoms with Crippen molar-refractivity contribution in [2.75, 3.05) is 6.79 Å². The smallest absolute Gasteiger partial charge is 0.282 e. The Labute approximate surface area is 175 Å². The van der Waals surface area contributed by atoms with Gasteiger partial charge >= 0.3 is 0 Å². The van der Waals surface area contributed by atoms with Gasteiger partial charge in [-0.2, -0.15) is 0 Å². The van der Waals surface area contributed by atoms with Crippen molar-refractivity contribution < 1.29 is 14.4 Å². The summed E-state index contributed by atoms with van der Waals surface area (Å²) >= 11 is 1.65. The van der Waals surface area contributed by atoms with Crippen molar-refractivity contribution in [2.24, 2.45) is 4.99 Å². The summed E-state index contributed by atoms with van der Waals surface area (Å²) in [6, 6.07) is 16.8. The predicted molar refractivity (Wildman–Crippen MR) is 116 cm³/mol. The maximum absolute atomic E-state index is 11.4. The summed E-state index contributed by atoms with van der Waals surface area (Å²) in [6.45, 7) is 2.12. The summed E-state index contributed by atoms with van der Waals surface area (Å²) in [4.78, 5) is 20.0. The molecular weight excluding hydrogens is 402 g/mol. The molecule has 30 heavy (non-hydrogen) atoms. The molecule has 2 heterocycles. The van der Waals surface area contributed by atoms with E-state index in [4.69, 9.17) is 14.5 Å². The number of nitrogens with zero attached hydrogens (tertiary/aromatic N) is 3. The molecule has 5 rings (SSSR count). The summed E-state index contributed by atoms with van der Waals surface area (Å²) in [5.74, 6) is 0.845. The fourth-order valence-electron chi connectivity index (χ4n) is 3.20. The summed E-state index contributed by atoms with van der Waals surface area (Å²) < 4.78 is 11.7. The third-order valence-electron chi connectivity index (χ3n) is 4.73. The van der Waals surface area contributed by atoms with E-state index >= 15 is 0 Å². The molecule has 1 aliphatic heterocycles. The lowest BCUT2D eigenvalue weighted by molar-refractivity contribution is -0.385. The van der Waals surface area contributed by atoms with Crippen molar-refractivity contribution in [3.63, 3.8) is 0 Å². The third-order valence-corrected chi connectivity index (χ3v) is 5.80. The minimum absolute atomic E-state index is 0.0554. The Morgan fingerprint density at radius 3 is 2.63 bits per heavy atom. The van der Waals surface area contributed by atoms with Gasteiger partial charge in [0.15, 0.2) is 11.5 Å². The molecule has 1 aliphatic rings. The van der Waals surface area contributed by atoms with Gasteiger partial charge in [-0.1, -0.05) is 6.07 Å². The molecule has 0 aliphatic carbocycles. The maximum Gasteiger partial charge on any atom is 0.282 e. The number of fused-ring (bicyclic) bond motifs is 2. The molecule has 0 atom stereocenters. The molecule has 0 saturated carbocycles. The molecule has 4 aromatic rings. The highest BCUT2D eigenvalue weighted by Gasteiger charge is 2.22. The minimum atomic E-state index is -0.457. The van der Waals surface area contributed by atoms with E-state index < -0.39 is 4.92 Å². The second-order valence-corrected chi connectivity index (χ2v) is 7.85. The Morgan fingerprint density at radius 1 is 1.10 bits per heavy atom. The zero-order valence-electron chi connectivity index (χ0n) is 15.9. The number of hydrogen-bond donors (Lipinski definition) is 0. The van der Waals surface area contributed by atoms with Gasteiger partial charge in [0.25, 0.3) is 5.69 Å². The molecule has 0 spiro atoms. The number of aliphatic imine (C=N–C) groups is 1. The molecular formula is C22H15N3O4S. The molecule has 0 N–H and O–H groups in total. The molecule has 7 nitrogen and oxygen atoms in total. The van der Waals surface area contributed by atoms with E-state index in [0.717, 1.165) is 20.8 Å². The van der Waals surface area contributed by atoms with Gasteiger partial charge < -0.3 is 9.47 Å². The number of aromatic nitrogens is 1. The Balaban J connectivity index is 1.42. The van der Waals surface area contributed by atoms with Crippen LogP contribution < -0.4 is 9.47 Å². The molecule has 8 heteroatoms. The lowest BCUT2D eigenvalue weighted by Crippen LogP contribution is -1.94. The van der Waals surface area contributed by atoms with Crippen LogP contribution in [0.25, 0.3) is 20.8 Å². The molecule has 0 saturated heterocycles. The van der Waals surface area contributed by atoms with E-state index in [9.17, 15) is 10.1 Å². The van der Waals surface area contributed by atoms with Crippen molar-refractivity contribution in [1.82, 2.24) is 4.98 Å². The van der Waals surface area contributed by atoms with Crippen LogP contribution in [0.5, 0.6) is 11.5 Å². The predicted octanol–water partition coefficient (Wildman–Crippen LogP) is 5.66. The first kappa shape index (κ1) is 18.3. The summed E-state index contributed by atoms with van der Waals surface area (Å²) in [5, 5.41) is 12.3. The van der Waals surface area contributed by atoms with Crippen LogP contribution in [0, 0.1) is 17.0 Å². The molecule has 148 valence electrons. The topological polar surface area (TPSA) is 86.9 Å². The van der Waals surface area contributed by atoms with Crippen LogP contribution in [0.4, 0.5) is 11.4 Å². The molecule has 3 aromatic carbocycles. The number of ether oxygens (including phenoxy) is 2. The van der Waals surface area contributed by atoms with Gasteiger partial charge in [-0.15, -0.1) is 11.3 Å². The lowest BCUT2D eigenvalue weighted by atomic mass is 10.1. The quantitative estimate of drug-likeness (QED) is 0.243. The van der Waals surface area contributed by atoms with Crippen LogP contribution in [-0.4, -0.2) is 22.9 Å². The highest BCUT2D eigenvalue weighted by atomic mass is 32.1. The van der Waals surface area contributed by atoms with Crippen LogP contribution in [-0.2, 0) is 0 Å². The SMILES string of the molecule is Cc1ccc2nc(-c3ccc(N=Cc4cc5c(cc4[N+](=O)[O-])OCO5)cc3)sc2c1. The molecule has 0 amide bonds. The van der Waals surface area contributed by atoms with Crippen LogP contribution >= 0.6 is 11.3 Å². The molecule has 0 unspecified atom stereocenters. The second-order valence-electron chi connectivity index (χ2n) is 6.82. The monoisotopic (exact) mass is 417 g/mol. The first-order chi connectivity index (χ1) is 14.6. The highest BCUT2D eigenvalue weighted by molar-refractivity contribution is 7.21. The number of aryl methyl sites for hydroxylation is 1. The Morgan fingerprint density at radius 2 is 1.87 bits per heavy atom. The van der Waals surface area contributed by atoms with Crippen molar-refractivity contribution in [2.45, 2.75) is 6.92 Å². The third kappa shape index (κ3) is 3.37. The average molecular weight is 417 g/mol. The van der Waals surface area contributed by atoms with Crippen LogP contribution in [0.3, 0.4) is 0 Å². The van der Waals surface area contributed by atoms with Crippen molar-refractivity contribution >= 4 is 39.1 Å². The summed E-state index contributed by atoms with van der Waals surface area (Å²) in [6.07, 6.45) is 1.47. The van der Waals surface area contributed by atoms with Crippen molar-refractivity contribution in [3.05, 3.63) is 75.8 Å². The summed E-state index contributed by atoms with van der Waals surface area (Å²) in [5.41, 5.74) is 4.15. The van der Waals surface area contributed by atoms with Crippen LogP contribution in [0.1, 0.15) is 11.1 Å². The zero-order valence-corrected chi connectivity index (χ0v) is 16.7. The van der Waals surface area contributed by atoms with Crippen LogP contribution in [0.15, 0.2) is 59.6 Å². The van der Waals surface area contributed by atoms with Gasteiger partial charge in [0.1, 0.15) is 5.01 Å². The van der Waals surface area contributed by atoms with E-state index in [1.807, 2.05) is 30.3 Å². The van der Waals surface area contributed by atoms with Gasteiger partial charge in [0.2, 0.25) is 6.79 Å². The highest BCUT2D eigenvalue weighted by Crippen LogP contribution is 2.37. The second kappa shape index (κ2) is 7.23. The molecule has 0 radical (unpaired) electrons. The van der Waals surface area contributed by atoms with Crippen molar-refractivity contribution in [1.29, 1.82) is 0 Å². The van der Waals surface area contributed by atoms with Crippen LogP contribution in [0.2, 0.25) is 0 Å². The molecule has 1 aromatic heterocycles. The fraction of sp³-hybridized carbons (Fsp3) is 0.0909. The summed E-state index contributed by atoms with van der Waals surface area (Å²) in [7, 11) is 0. The number of rotatable bonds is 4. The first-order valence-corrected chi connectivity index (χ1v) is 9.98. The Hall–Kier alpha value is -3.78. The van der Waals surface area contributed by atoms with E-state index in [0.29, 0.717) is 22.7 Å². The van der Waals surface area contributed by atoms with E-state index in [-0.39, 0.29) is 12.5 Å². The Kier molecular flexibility index (Phi) is 4.40. The number of hydrogen-bond acceptors (Lipinski definition) is 7. The Bertz CT molecular complexity index is 1310. The first-order valence-electron chi connectivity index (χ1n) is 9.16. The molecule has 0 bridgehead atoms. The van der Waals surface area contributed by atoms with E-state index in [1.54, 1.807) is 17.4 Å².